The Kier molecular flexibility index (Phi) is 3.79. The van der Waals surface area contributed by atoms with Crippen molar-refractivity contribution in [3.63, 3.8) is 0 Å². The molecule has 1 aromatic rings. The van der Waals surface area contributed by atoms with Crippen LogP contribution < -0.4 is 0 Å². The van der Waals surface area contributed by atoms with Crippen LogP contribution in [0.3, 0.4) is 0 Å². The van der Waals surface area contributed by atoms with E-state index >= 15 is 0 Å². The fourth-order valence-electron chi connectivity index (χ4n) is 2.41. The lowest BCUT2D eigenvalue weighted by Crippen LogP contribution is -2.19. The van der Waals surface area contributed by atoms with Crippen molar-refractivity contribution < 1.29 is 0 Å². The average Bonchev–Trinajstić information content (AvgIpc) is 2.74. The second-order valence-corrected chi connectivity index (χ2v) is 4.50. The normalized spacial score (nSPS) is 17.1. The van der Waals surface area contributed by atoms with Gasteiger partial charge in [-0.25, -0.2) is 0 Å². The molecule has 0 unspecified atom stereocenters. The van der Waals surface area contributed by atoms with E-state index in [2.05, 4.69) is 36.1 Å². The number of nitrogens with zero attached hydrogens (tertiary/aromatic N) is 1. The molecule has 0 atom stereocenters. The summed E-state index contributed by atoms with van der Waals surface area (Å²) < 4.78 is 0. The van der Waals surface area contributed by atoms with Crippen molar-refractivity contribution in [2.45, 2.75) is 39.2 Å². The first-order chi connectivity index (χ1) is 7.40. The fraction of sp³-hybridized carbons (Fsp3) is 0.571. The number of aryl methyl sites for hydroxylation is 1. The molecule has 0 aliphatic carbocycles. The molecule has 0 amide bonds. The Labute approximate surface area is 93.1 Å². The van der Waals surface area contributed by atoms with Gasteiger partial charge in [-0.3, -0.25) is 4.90 Å². The summed E-state index contributed by atoms with van der Waals surface area (Å²) in [4.78, 5) is 2.58. The summed E-state index contributed by atoms with van der Waals surface area (Å²) in [5.74, 6) is 0. The fourth-order valence-corrected chi connectivity index (χ4v) is 2.41. The van der Waals surface area contributed by atoms with E-state index in [1.807, 2.05) is 0 Å². The molecule has 0 radical (unpaired) electrons. The third-order valence-corrected chi connectivity index (χ3v) is 3.23. The number of hydrogen-bond donors (Lipinski definition) is 0. The van der Waals surface area contributed by atoms with Gasteiger partial charge >= 0.3 is 0 Å². The van der Waals surface area contributed by atoms with E-state index in [4.69, 9.17) is 0 Å². The van der Waals surface area contributed by atoms with Crippen LogP contribution in [0.1, 0.15) is 37.3 Å². The van der Waals surface area contributed by atoms with Crippen LogP contribution in [0.2, 0.25) is 0 Å². The highest BCUT2D eigenvalue weighted by Crippen LogP contribution is 2.17. The van der Waals surface area contributed by atoms with Gasteiger partial charge in [-0.15, -0.1) is 0 Å². The first-order valence-electron chi connectivity index (χ1n) is 6.19. The molecule has 15 heavy (non-hydrogen) atoms. The highest BCUT2D eigenvalue weighted by molar-refractivity contribution is 5.27. The van der Waals surface area contributed by atoms with Gasteiger partial charge in [0, 0.05) is 6.54 Å². The lowest BCUT2D eigenvalue weighted by atomic mass is 10.0. The molecule has 0 N–H and O–H groups in total. The molecule has 0 spiro atoms. The monoisotopic (exact) mass is 203 g/mol. The molecule has 1 saturated heterocycles. The maximum absolute atomic E-state index is 2.58. The van der Waals surface area contributed by atoms with Crippen molar-refractivity contribution in [3.05, 3.63) is 35.4 Å². The predicted molar refractivity (Wildman–Crippen MR) is 64.9 cm³/mol. The highest BCUT2D eigenvalue weighted by atomic mass is 15.1. The maximum Gasteiger partial charge on any atom is 0.0236 e. The van der Waals surface area contributed by atoms with Crippen LogP contribution in [0.5, 0.6) is 0 Å². The first-order valence-corrected chi connectivity index (χ1v) is 6.19. The zero-order valence-electron chi connectivity index (χ0n) is 9.71. The van der Waals surface area contributed by atoms with Crippen LogP contribution in [0.4, 0.5) is 0 Å². The van der Waals surface area contributed by atoms with Crippen molar-refractivity contribution in [2.24, 2.45) is 0 Å². The number of rotatable bonds is 4. The van der Waals surface area contributed by atoms with Gasteiger partial charge in [-0.05, 0) is 43.5 Å². The number of likely N-dealkylation sites (tertiary alicyclic amines) is 1. The lowest BCUT2D eigenvalue weighted by molar-refractivity contribution is 0.330. The topological polar surface area (TPSA) is 3.24 Å². The molecule has 0 bridgehead atoms. The molecule has 1 aliphatic rings. The van der Waals surface area contributed by atoms with E-state index in [-0.39, 0.29) is 0 Å². The minimum absolute atomic E-state index is 1.16. The third-order valence-electron chi connectivity index (χ3n) is 3.23. The first kappa shape index (κ1) is 10.7. The Morgan fingerprint density at radius 3 is 2.40 bits per heavy atom. The van der Waals surface area contributed by atoms with Gasteiger partial charge in [0.25, 0.3) is 0 Å². The summed E-state index contributed by atoms with van der Waals surface area (Å²) in [6, 6.07) is 8.92. The smallest absolute Gasteiger partial charge is 0.0236 e. The molecule has 2 rings (SSSR count). The molecule has 1 fully saturated rings. The third kappa shape index (κ3) is 2.82. The van der Waals surface area contributed by atoms with E-state index in [1.54, 1.807) is 11.1 Å². The highest BCUT2D eigenvalue weighted by Gasteiger charge is 2.12. The summed E-state index contributed by atoms with van der Waals surface area (Å²) >= 11 is 0. The zero-order chi connectivity index (χ0) is 10.5. The Morgan fingerprint density at radius 1 is 1.07 bits per heavy atom. The van der Waals surface area contributed by atoms with E-state index in [0.717, 1.165) is 6.54 Å². The van der Waals surface area contributed by atoms with Crippen LogP contribution in [0, 0.1) is 0 Å². The Balaban J connectivity index is 2.05. The minimum Gasteiger partial charge on any atom is -0.299 e. The Bertz CT molecular complexity index is 300. The molecule has 82 valence electrons. The van der Waals surface area contributed by atoms with Crippen LogP contribution in [0.25, 0.3) is 0 Å². The van der Waals surface area contributed by atoms with E-state index in [9.17, 15) is 0 Å². The SMILES string of the molecule is CCCc1ccccc1CN1CCCC1. The molecule has 1 aliphatic heterocycles. The van der Waals surface area contributed by atoms with Crippen molar-refractivity contribution in [1.82, 2.24) is 4.90 Å². The number of hydrogen-bond acceptors (Lipinski definition) is 1. The van der Waals surface area contributed by atoms with E-state index in [1.165, 1.54) is 38.8 Å². The number of benzene rings is 1. The summed E-state index contributed by atoms with van der Waals surface area (Å²) in [6.07, 6.45) is 5.24. The molecule has 0 aromatic heterocycles. The van der Waals surface area contributed by atoms with Crippen LogP contribution >= 0.6 is 0 Å². The quantitative estimate of drug-likeness (QED) is 0.726. The van der Waals surface area contributed by atoms with Gasteiger partial charge in [0.15, 0.2) is 0 Å². The maximum atomic E-state index is 2.58. The van der Waals surface area contributed by atoms with Crippen LogP contribution in [-0.4, -0.2) is 18.0 Å². The van der Waals surface area contributed by atoms with Gasteiger partial charge in [-0.2, -0.15) is 0 Å². The largest absolute Gasteiger partial charge is 0.299 e. The molecule has 1 nitrogen and oxygen atoms in total. The summed E-state index contributed by atoms with van der Waals surface area (Å²) in [5, 5.41) is 0. The summed E-state index contributed by atoms with van der Waals surface area (Å²) in [7, 11) is 0. The predicted octanol–water partition coefficient (Wildman–Crippen LogP) is 3.23. The summed E-state index contributed by atoms with van der Waals surface area (Å²) in [6.45, 7) is 6.00. The van der Waals surface area contributed by atoms with Gasteiger partial charge in [0.05, 0.1) is 0 Å². The molecule has 1 aromatic carbocycles. The standard InChI is InChI=1S/C14H21N/c1-2-7-13-8-3-4-9-14(13)12-15-10-5-6-11-15/h3-4,8-9H,2,5-7,10-12H2,1H3. The Morgan fingerprint density at radius 2 is 1.73 bits per heavy atom. The van der Waals surface area contributed by atoms with Gasteiger partial charge in [0.1, 0.15) is 0 Å². The Hall–Kier alpha value is -0.820. The molecular formula is C14H21N. The van der Waals surface area contributed by atoms with Gasteiger partial charge in [-0.1, -0.05) is 37.6 Å². The van der Waals surface area contributed by atoms with E-state index < -0.39 is 0 Å². The van der Waals surface area contributed by atoms with Gasteiger partial charge in [0.2, 0.25) is 0 Å². The molecule has 0 saturated carbocycles. The molecule has 1 heterocycles. The van der Waals surface area contributed by atoms with Crippen LogP contribution in [0.15, 0.2) is 24.3 Å². The second-order valence-electron chi connectivity index (χ2n) is 4.50. The van der Waals surface area contributed by atoms with Crippen molar-refractivity contribution in [1.29, 1.82) is 0 Å². The zero-order valence-corrected chi connectivity index (χ0v) is 9.71. The minimum atomic E-state index is 1.16. The average molecular weight is 203 g/mol. The molecular weight excluding hydrogens is 182 g/mol. The van der Waals surface area contributed by atoms with Crippen molar-refractivity contribution in [3.8, 4) is 0 Å². The van der Waals surface area contributed by atoms with Crippen LogP contribution in [-0.2, 0) is 13.0 Å². The van der Waals surface area contributed by atoms with E-state index in [0.29, 0.717) is 0 Å². The lowest BCUT2D eigenvalue weighted by Gasteiger charge is -2.17. The van der Waals surface area contributed by atoms with Crippen molar-refractivity contribution >= 4 is 0 Å². The second kappa shape index (κ2) is 5.32. The van der Waals surface area contributed by atoms with Crippen molar-refractivity contribution in [2.75, 3.05) is 13.1 Å². The molecule has 1 heteroatoms. The summed E-state index contributed by atoms with van der Waals surface area (Å²) in [5.41, 5.74) is 3.09. The van der Waals surface area contributed by atoms with Gasteiger partial charge < -0.3 is 0 Å².